The normalized spacial score (nSPS) is 24.7. The van der Waals surface area contributed by atoms with Gasteiger partial charge < -0.3 is 15.4 Å². The van der Waals surface area contributed by atoms with E-state index in [-0.39, 0.29) is 0 Å². The summed E-state index contributed by atoms with van der Waals surface area (Å²) in [6.07, 6.45) is 2.72. The number of nitrogens with one attached hydrogen (secondary N) is 3. The average molecular weight is 396 g/mol. The van der Waals surface area contributed by atoms with Crippen molar-refractivity contribution in [2.45, 2.75) is 64.5 Å². The molecule has 156 valence electrons. The van der Waals surface area contributed by atoms with Crippen LogP contribution in [0.4, 0.5) is 9.59 Å². The van der Waals surface area contributed by atoms with Gasteiger partial charge in [-0.2, -0.15) is 0 Å². The zero-order valence-electron chi connectivity index (χ0n) is 16.7. The summed E-state index contributed by atoms with van der Waals surface area (Å²) >= 11 is 0. The standard InChI is InChI=1S/C18H28N4O6/c1-11-5-7-18(8-6-11)14(25)22(16(27)21-18)9-13(24)28-10-12(23)19-15(26)20-17(2,3)4/h11H,5-10H2,1-4H3,(H,21,27)(H2,19,20,23,26). The summed E-state index contributed by atoms with van der Waals surface area (Å²) in [6.45, 7) is 6.06. The maximum Gasteiger partial charge on any atom is 0.326 e. The van der Waals surface area contributed by atoms with Crippen molar-refractivity contribution >= 4 is 29.8 Å². The van der Waals surface area contributed by atoms with Gasteiger partial charge in [0, 0.05) is 5.54 Å². The summed E-state index contributed by atoms with van der Waals surface area (Å²) in [7, 11) is 0. The fourth-order valence-corrected chi connectivity index (χ4v) is 3.27. The van der Waals surface area contributed by atoms with Gasteiger partial charge in [0.2, 0.25) is 0 Å². The number of imide groups is 2. The lowest BCUT2D eigenvalue weighted by atomic mass is 9.77. The second-order valence-electron chi connectivity index (χ2n) is 8.50. The molecule has 0 aromatic carbocycles. The van der Waals surface area contributed by atoms with Gasteiger partial charge in [0.1, 0.15) is 12.1 Å². The van der Waals surface area contributed by atoms with Crippen LogP contribution in [0, 0.1) is 5.92 Å². The highest BCUT2D eigenvalue weighted by molar-refractivity contribution is 6.08. The molecule has 0 unspecified atom stereocenters. The van der Waals surface area contributed by atoms with Gasteiger partial charge in [-0.1, -0.05) is 6.92 Å². The molecule has 0 radical (unpaired) electrons. The Labute approximate surface area is 163 Å². The first-order valence-electron chi connectivity index (χ1n) is 9.33. The maximum absolute atomic E-state index is 12.7. The SMILES string of the molecule is CC1CCC2(CC1)NC(=O)N(CC(=O)OCC(=O)NC(=O)NC(C)(C)C)C2=O. The molecule has 10 heteroatoms. The molecule has 1 saturated heterocycles. The second kappa shape index (κ2) is 8.15. The van der Waals surface area contributed by atoms with E-state index in [1.165, 1.54) is 0 Å². The van der Waals surface area contributed by atoms with Gasteiger partial charge in [0.25, 0.3) is 11.8 Å². The minimum absolute atomic E-state index is 0.435. The van der Waals surface area contributed by atoms with E-state index in [0.717, 1.165) is 17.7 Å². The van der Waals surface area contributed by atoms with Crippen LogP contribution in [0.15, 0.2) is 0 Å². The molecule has 1 aliphatic heterocycles. The molecule has 0 aromatic rings. The highest BCUT2D eigenvalue weighted by Gasteiger charge is 2.52. The highest BCUT2D eigenvalue weighted by atomic mass is 16.5. The monoisotopic (exact) mass is 396 g/mol. The van der Waals surface area contributed by atoms with Gasteiger partial charge in [-0.3, -0.25) is 24.6 Å². The van der Waals surface area contributed by atoms with Gasteiger partial charge in [0.15, 0.2) is 6.61 Å². The average Bonchev–Trinajstić information content (AvgIpc) is 2.78. The number of carbonyl (C=O) groups excluding carboxylic acids is 5. The van der Waals surface area contributed by atoms with Crippen LogP contribution in [-0.4, -0.2) is 59.0 Å². The summed E-state index contributed by atoms with van der Waals surface area (Å²) in [6, 6.07) is -1.35. The van der Waals surface area contributed by atoms with Gasteiger partial charge >= 0.3 is 18.0 Å². The Bertz CT molecular complexity index is 676. The Morgan fingerprint density at radius 1 is 1.21 bits per heavy atom. The number of hydrogen-bond donors (Lipinski definition) is 3. The van der Waals surface area contributed by atoms with E-state index < -0.39 is 54.1 Å². The van der Waals surface area contributed by atoms with Gasteiger partial charge in [-0.05, 0) is 52.4 Å². The fourth-order valence-electron chi connectivity index (χ4n) is 3.27. The minimum Gasteiger partial charge on any atom is -0.454 e. The van der Waals surface area contributed by atoms with Crippen molar-refractivity contribution in [3.8, 4) is 0 Å². The second-order valence-corrected chi connectivity index (χ2v) is 8.50. The van der Waals surface area contributed by atoms with E-state index in [2.05, 4.69) is 17.6 Å². The number of rotatable bonds is 4. The third-order valence-corrected chi connectivity index (χ3v) is 4.77. The summed E-state index contributed by atoms with van der Waals surface area (Å²) in [5.74, 6) is -1.67. The molecule has 10 nitrogen and oxygen atoms in total. The molecular weight excluding hydrogens is 368 g/mol. The highest BCUT2D eigenvalue weighted by Crippen LogP contribution is 2.36. The minimum atomic E-state index is -0.938. The van der Waals surface area contributed by atoms with E-state index in [1.54, 1.807) is 20.8 Å². The largest absolute Gasteiger partial charge is 0.454 e. The summed E-state index contributed by atoms with van der Waals surface area (Å²) < 4.78 is 4.78. The molecule has 0 bridgehead atoms. The number of esters is 1. The molecule has 0 atom stereocenters. The lowest BCUT2D eigenvalue weighted by Crippen LogP contribution is -2.50. The quantitative estimate of drug-likeness (QED) is 0.472. The van der Waals surface area contributed by atoms with Gasteiger partial charge in [-0.15, -0.1) is 0 Å². The first-order chi connectivity index (χ1) is 12.9. The van der Waals surface area contributed by atoms with Crippen LogP contribution in [0.25, 0.3) is 0 Å². The van der Waals surface area contributed by atoms with Crippen molar-refractivity contribution < 1.29 is 28.7 Å². The lowest BCUT2D eigenvalue weighted by molar-refractivity contribution is -0.151. The number of nitrogens with zero attached hydrogens (tertiary/aromatic N) is 1. The molecule has 1 saturated carbocycles. The Morgan fingerprint density at radius 2 is 1.82 bits per heavy atom. The molecule has 2 fully saturated rings. The van der Waals surface area contributed by atoms with E-state index in [9.17, 15) is 24.0 Å². The van der Waals surface area contributed by atoms with Gasteiger partial charge in [0.05, 0.1) is 0 Å². The number of hydrogen-bond acceptors (Lipinski definition) is 6. The van der Waals surface area contributed by atoms with E-state index in [0.29, 0.717) is 18.8 Å². The van der Waals surface area contributed by atoms with E-state index in [4.69, 9.17) is 4.74 Å². The van der Waals surface area contributed by atoms with Crippen LogP contribution in [0.3, 0.4) is 0 Å². The molecule has 1 heterocycles. The van der Waals surface area contributed by atoms with Crippen LogP contribution in [0.5, 0.6) is 0 Å². The van der Waals surface area contributed by atoms with Crippen molar-refractivity contribution in [1.82, 2.24) is 20.9 Å². The molecule has 1 aliphatic carbocycles. The zero-order chi connectivity index (χ0) is 21.1. The number of ether oxygens (including phenoxy) is 1. The molecule has 1 spiro atoms. The van der Waals surface area contributed by atoms with Crippen LogP contribution in [-0.2, 0) is 19.1 Å². The predicted molar refractivity (Wildman–Crippen MR) is 98.0 cm³/mol. The molecule has 2 rings (SSSR count). The van der Waals surface area contributed by atoms with Crippen molar-refractivity contribution in [2.75, 3.05) is 13.2 Å². The summed E-state index contributed by atoms with van der Waals surface area (Å²) in [4.78, 5) is 60.8. The van der Waals surface area contributed by atoms with Crippen LogP contribution in [0.1, 0.15) is 53.4 Å². The first kappa shape index (κ1) is 21.6. The molecule has 3 N–H and O–H groups in total. The fraction of sp³-hybridized carbons (Fsp3) is 0.722. The van der Waals surface area contributed by atoms with Crippen LogP contribution in [0.2, 0.25) is 0 Å². The third kappa shape index (κ3) is 5.43. The Hall–Kier alpha value is -2.65. The Kier molecular flexibility index (Phi) is 6.30. The summed E-state index contributed by atoms with van der Waals surface area (Å²) in [5.41, 5.74) is -1.47. The molecule has 6 amide bonds. The first-order valence-corrected chi connectivity index (χ1v) is 9.33. The lowest BCUT2D eigenvalue weighted by Gasteiger charge is -2.33. The third-order valence-electron chi connectivity index (χ3n) is 4.77. The van der Waals surface area contributed by atoms with Crippen molar-refractivity contribution in [2.24, 2.45) is 5.92 Å². The molecule has 28 heavy (non-hydrogen) atoms. The molecule has 2 aliphatic rings. The molecule has 0 aromatic heterocycles. The Balaban J connectivity index is 1.81. The van der Waals surface area contributed by atoms with Crippen molar-refractivity contribution in [3.63, 3.8) is 0 Å². The predicted octanol–water partition coefficient (Wildman–Crippen LogP) is 0.655. The van der Waals surface area contributed by atoms with Crippen molar-refractivity contribution in [1.29, 1.82) is 0 Å². The van der Waals surface area contributed by atoms with Crippen LogP contribution >= 0.6 is 0 Å². The number of carbonyl (C=O) groups is 5. The Morgan fingerprint density at radius 3 is 2.39 bits per heavy atom. The maximum atomic E-state index is 12.7. The van der Waals surface area contributed by atoms with E-state index in [1.807, 2.05) is 5.32 Å². The van der Waals surface area contributed by atoms with E-state index >= 15 is 0 Å². The topological polar surface area (TPSA) is 134 Å². The number of amides is 6. The van der Waals surface area contributed by atoms with Crippen molar-refractivity contribution in [3.05, 3.63) is 0 Å². The van der Waals surface area contributed by atoms with Gasteiger partial charge in [-0.25, -0.2) is 9.59 Å². The molecular formula is C18H28N4O6. The van der Waals surface area contributed by atoms with Crippen LogP contribution < -0.4 is 16.0 Å². The number of urea groups is 2. The smallest absolute Gasteiger partial charge is 0.326 e. The summed E-state index contributed by atoms with van der Waals surface area (Å²) in [5, 5.41) is 7.26. The zero-order valence-corrected chi connectivity index (χ0v) is 16.7.